The van der Waals surface area contributed by atoms with E-state index in [1.165, 1.54) is 0 Å². The summed E-state index contributed by atoms with van der Waals surface area (Å²) in [4.78, 5) is 61.4. The molecule has 0 radical (unpaired) electrons. The Morgan fingerprint density at radius 3 is 2.13 bits per heavy atom. The lowest BCUT2D eigenvalue weighted by molar-refractivity contribution is -0.144. The Labute approximate surface area is 328 Å². The maximum Gasteiger partial charge on any atom is 0.245 e. The zero-order valence-corrected chi connectivity index (χ0v) is 32.5. The van der Waals surface area contributed by atoms with Gasteiger partial charge < -0.3 is 30.9 Å². The molecule has 1 fully saturated rings. The molecule has 0 aromatic heterocycles. The number of halogens is 1. The molecule has 2 aliphatic rings. The molecule has 4 N–H and O–H groups in total. The normalized spacial score (nSPS) is 16.9. The van der Waals surface area contributed by atoms with Crippen LogP contribution in [0.15, 0.2) is 91.0 Å². The summed E-state index contributed by atoms with van der Waals surface area (Å²) in [6.07, 6.45) is 2.28. The molecule has 4 aromatic carbocycles. The van der Waals surface area contributed by atoms with Gasteiger partial charge in [0.05, 0.1) is 6.04 Å². The maximum atomic E-state index is 14.5. The fourth-order valence-electron chi connectivity index (χ4n) is 8.01. The van der Waals surface area contributed by atoms with Crippen molar-refractivity contribution in [1.82, 2.24) is 15.1 Å². The molecular formula is C44H50ClN5O5. The summed E-state index contributed by atoms with van der Waals surface area (Å²) in [6, 6.07) is 25.0. The molecule has 1 saturated heterocycles. The van der Waals surface area contributed by atoms with E-state index < -0.39 is 24.0 Å². The first-order chi connectivity index (χ1) is 26.4. The van der Waals surface area contributed by atoms with Gasteiger partial charge in [-0.2, -0.15) is 0 Å². The molecule has 10 nitrogen and oxygen atoms in total. The number of benzene rings is 4. The van der Waals surface area contributed by atoms with Crippen LogP contribution in [0, 0.1) is 13.8 Å². The first-order valence-corrected chi connectivity index (χ1v) is 19.4. The quantitative estimate of drug-likeness (QED) is 0.181. The number of nitrogens with two attached hydrogens (primary N) is 1. The van der Waals surface area contributed by atoms with Gasteiger partial charge in [0.1, 0.15) is 17.8 Å². The first-order valence-electron chi connectivity index (χ1n) is 19.1. The Kier molecular flexibility index (Phi) is 12.6. The number of likely N-dealkylation sites (tertiary alicyclic amines) is 1. The fourth-order valence-corrected chi connectivity index (χ4v) is 8.13. The van der Waals surface area contributed by atoms with Crippen molar-refractivity contribution in [2.45, 2.75) is 90.0 Å². The molecule has 4 aromatic rings. The van der Waals surface area contributed by atoms with Crippen LogP contribution in [-0.2, 0) is 45.0 Å². The van der Waals surface area contributed by atoms with Crippen LogP contribution < -0.4 is 16.0 Å². The van der Waals surface area contributed by atoms with E-state index in [4.69, 9.17) is 17.3 Å². The van der Waals surface area contributed by atoms with E-state index in [9.17, 15) is 24.3 Å². The number of rotatable bonds is 11. The lowest BCUT2D eigenvalue weighted by Gasteiger charge is -2.40. The van der Waals surface area contributed by atoms with Crippen molar-refractivity contribution in [3.05, 3.63) is 129 Å². The number of hydrogen-bond donors (Lipinski definition) is 3. The van der Waals surface area contributed by atoms with Gasteiger partial charge in [-0.25, -0.2) is 0 Å². The van der Waals surface area contributed by atoms with Gasteiger partial charge in [-0.1, -0.05) is 73.1 Å². The topological polar surface area (TPSA) is 136 Å². The lowest BCUT2D eigenvalue weighted by Crippen LogP contribution is -2.60. The van der Waals surface area contributed by atoms with Gasteiger partial charge in [-0.05, 0) is 103 Å². The van der Waals surface area contributed by atoms with Crippen molar-refractivity contribution in [2.75, 3.05) is 18.0 Å². The highest BCUT2D eigenvalue weighted by Crippen LogP contribution is 2.28. The number of piperidine rings is 1. The second-order valence-electron chi connectivity index (χ2n) is 14.7. The fraction of sp³-hybridized carbons (Fsp3) is 0.364. The molecule has 55 heavy (non-hydrogen) atoms. The van der Waals surface area contributed by atoms with E-state index in [1.54, 1.807) is 34.1 Å². The van der Waals surface area contributed by atoms with E-state index in [2.05, 4.69) is 5.32 Å². The molecule has 288 valence electrons. The van der Waals surface area contributed by atoms with Crippen LogP contribution in [0.4, 0.5) is 5.69 Å². The predicted molar refractivity (Wildman–Crippen MR) is 215 cm³/mol. The number of carbonyl (C=O) groups is 4. The molecule has 0 saturated carbocycles. The highest BCUT2D eigenvalue weighted by atomic mass is 35.5. The van der Waals surface area contributed by atoms with Crippen LogP contribution in [0.2, 0.25) is 5.02 Å². The average molecular weight is 764 g/mol. The van der Waals surface area contributed by atoms with Gasteiger partial charge in [0, 0.05) is 55.6 Å². The molecule has 0 bridgehead atoms. The number of aryl methyl sites for hydroxylation is 2. The molecule has 3 atom stereocenters. The number of fused-ring (bicyclic) bond motifs is 1. The molecule has 0 unspecified atom stereocenters. The highest BCUT2D eigenvalue weighted by Gasteiger charge is 2.39. The average Bonchev–Trinajstić information content (AvgIpc) is 3.19. The molecule has 2 heterocycles. The summed E-state index contributed by atoms with van der Waals surface area (Å²) in [5.74, 6) is -0.841. The van der Waals surface area contributed by atoms with Gasteiger partial charge in [-0.15, -0.1) is 0 Å². The van der Waals surface area contributed by atoms with Crippen LogP contribution in [-0.4, -0.2) is 75.8 Å². The van der Waals surface area contributed by atoms with Crippen LogP contribution in [0.25, 0.3) is 0 Å². The lowest BCUT2D eigenvalue weighted by atomic mass is 9.91. The SMILES string of the molecule is CCC(=O)N(c1ccccc1)C1CCN(C(=O)[C@H](Cc2ccc(Cl)cc2)NC(=O)[C@H]2Cc3ccccc3CN2C(=O)[C@@H](N)Cc2c(C)cc(O)cc2C)CC1. The summed E-state index contributed by atoms with van der Waals surface area (Å²) in [5.41, 5.74) is 12.7. The molecular weight excluding hydrogens is 714 g/mol. The summed E-state index contributed by atoms with van der Waals surface area (Å²) < 4.78 is 0. The monoisotopic (exact) mass is 763 g/mol. The molecule has 11 heteroatoms. The van der Waals surface area contributed by atoms with E-state index in [0.29, 0.717) is 37.4 Å². The highest BCUT2D eigenvalue weighted by molar-refractivity contribution is 6.30. The van der Waals surface area contributed by atoms with Crippen molar-refractivity contribution in [2.24, 2.45) is 5.73 Å². The van der Waals surface area contributed by atoms with E-state index in [1.807, 2.05) is 92.4 Å². The Bertz CT molecular complexity index is 1990. The first kappa shape index (κ1) is 39.5. The minimum absolute atomic E-state index is 0.0325. The zero-order chi connectivity index (χ0) is 39.2. The zero-order valence-electron chi connectivity index (χ0n) is 31.7. The van der Waals surface area contributed by atoms with E-state index in [0.717, 1.165) is 39.1 Å². The van der Waals surface area contributed by atoms with Crippen molar-refractivity contribution < 1.29 is 24.3 Å². The number of hydrogen-bond acceptors (Lipinski definition) is 6. The number of carbonyl (C=O) groups excluding carboxylic acids is 4. The van der Waals surface area contributed by atoms with Crippen LogP contribution in [0.3, 0.4) is 0 Å². The second-order valence-corrected chi connectivity index (χ2v) is 15.2. The Morgan fingerprint density at radius 1 is 0.873 bits per heavy atom. The van der Waals surface area contributed by atoms with Gasteiger partial charge in [0.2, 0.25) is 23.6 Å². The minimum Gasteiger partial charge on any atom is -0.508 e. The summed E-state index contributed by atoms with van der Waals surface area (Å²) in [5, 5.41) is 13.7. The van der Waals surface area contributed by atoms with Gasteiger partial charge in [0.25, 0.3) is 0 Å². The van der Waals surface area contributed by atoms with Crippen LogP contribution in [0.5, 0.6) is 5.75 Å². The van der Waals surface area contributed by atoms with Crippen molar-refractivity contribution >= 4 is 40.9 Å². The number of phenols is 1. The van der Waals surface area contributed by atoms with Crippen molar-refractivity contribution in [1.29, 1.82) is 0 Å². The Morgan fingerprint density at radius 2 is 1.49 bits per heavy atom. The summed E-state index contributed by atoms with van der Waals surface area (Å²) in [7, 11) is 0. The number of amides is 4. The largest absolute Gasteiger partial charge is 0.508 e. The predicted octanol–water partition coefficient (Wildman–Crippen LogP) is 5.65. The number of para-hydroxylation sites is 1. The summed E-state index contributed by atoms with van der Waals surface area (Å²) in [6.45, 7) is 6.64. The van der Waals surface area contributed by atoms with Crippen LogP contribution in [0.1, 0.15) is 59.6 Å². The minimum atomic E-state index is -0.940. The third-order valence-electron chi connectivity index (χ3n) is 11.0. The molecule has 2 aliphatic heterocycles. The Hall–Kier alpha value is -5.19. The second kappa shape index (κ2) is 17.5. The molecule has 6 rings (SSSR count). The number of anilines is 1. The number of nitrogens with zero attached hydrogens (tertiary/aromatic N) is 3. The molecule has 4 amide bonds. The van der Waals surface area contributed by atoms with Gasteiger partial charge >= 0.3 is 0 Å². The Balaban J connectivity index is 1.23. The number of phenolic OH excluding ortho intramolecular Hbond substituents is 1. The van der Waals surface area contributed by atoms with Crippen LogP contribution >= 0.6 is 11.6 Å². The third kappa shape index (κ3) is 9.20. The molecule has 0 spiro atoms. The van der Waals surface area contributed by atoms with Gasteiger partial charge in [-0.3, -0.25) is 19.2 Å². The van der Waals surface area contributed by atoms with Crippen molar-refractivity contribution in [3.8, 4) is 5.75 Å². The molecule has 0 aliphatic carbocycles. The maximum absolute atomic E-state index is 14.5. The third-order valence-corrected chi connectivity index (χ3v) is 11.2. The van der Waals surface area contributed by atoms with Crippen molar-refractivity contribution in [3.63, 3.8) is 0 Å². The smallest absolute Gasteiger partial charge is 0.245 e. The van der Waals surface area contributed by atoms with Gasteiger partial charge in [0.15, 0.2) is 0 Å². The standard InChI is InChI=1S/C44H50ClN5O5/c1-4-41(52)50(34-12-6-5-7-13-34)35-18-20-48(21-19-35)44(55)39(24-30-14-16-33(45)17-15-30)47-42(53)40-25-31-10-8-9-11-32(31)27-49(40)43(54)38(46)26-37-28(2)22-36(51)23-29(37)3/h5-17,22-23,35,38-40,51H,4,18-21,24-27,46H2,1-3H3,(H,47,53)/t38-,39-,40+/m0/s1. The summed E-state index contributed by atoms with van der Waals surface area (Å²) >= 11 is 6.19. The number of aromatic hydroxyl groups is 1. The van der Waals surface area contributed by atoms with E-state index in [-0.39, 0.29) is 55.3 Å². The van der Waals surface area contributed by atoms with E-state index >= 15 is 0 Å². The number of nitrogens with one attached hydrogen (secondary N) is 1.